The first-order valence-electron chi connectivity index (χ1n) is 10.2. The summed E-state index contributed by atoms with van der Waals surface area (Å²) in [5.41, 5.74) is 3.42. The molecule has 7 heteroatoms. The van der Waals surface area contributed by atoms with Gasteiger partial charge in [0.25, 0.3) is 11.6 Å². The monoisotopic (exact) mass is 394 g/mol. The van der Waals surface area contributed by atoms with E-state index in [-0.39, 0.29) is 16.5 Å². The second-order valence-corrected chi connectivity index (χ2v) is 7.77. The molecule has 2 aromatic carbocycles. The van der Waals surface area contributed by atoms with Gasteiger partial charge in [-0.2, -0.15) is 0 Å². The van der Waals surface area contributed by atoms with Crippen molar-refractivity contribution >= 4 is 23.0 Å². The molecule has 0 bridgehead atoms. The van der Waals surface area contributed by atoms with E-state index in [1.54, 1.807) is 17.0 Å². The number of carbonyl (C=O) groups excluding carboxylic acids is 1. The average Bonchev–Trinajstić information content (AvgIpc) is 3.27. The van der Waals surface area contributed by atoms with Gasteiger partial charge in [0.1, 0.15) is 5.69 Å². The Morgan fingerprint density at radius 3 is 2.31 bits per heavy atom. The van der Waals surface area contributed by atoms with Crippen molar-refractivity contribution in [3.63, 3.8) is 0 Å². The fourth-order valence-electron chi connectivity index (χ4n) is 4.20. The highest BCUT2D eigenvalue weighted by Gasteiger charge is 2.27. The summed E-state index contributed by atoms with van der Waals surface area (Å²) in [7, 11) is 0. The molecule has 0 aliphatic carbocycles. The minimum atomic E-state index is -0.375. The van der Waals surface area contributed by atoms with Crippen LogP contribution in [0.15, 0.2) is 42.5 Å². The maximum Gasteiger partial charge on any atom is 0.293 e. The highest BCUT2D eigenvalue weighted by atomic mass is 16.6. The predicted octanol–water partition coefficient (Wildman–Crippen LogP) is 3.47. The SMILES string of the molecule is Cc1cccc(N2CCN(C(=O)c3ccc(N4CCCC4)c([N+](=O)[O-])c3)CC2)c1. The molecule has 2 fully saturated rings. The van der Waals surface area contributed by atoms with Crippen LogP contribution in [0.5, 0.6) is 0 Å². The average molecular weight is 394 g/mol. The fourth-order valence-corrected chi connectivity index (χ4v) is 4.20. The molecule has 0 spiro atoms. The molecule has 0 saturated carbocycles. The van der Waals surface area contributed by atoms with Crippen molar-refractivity contribution < 1.29 is 9.72 Å². The standard InChI is InChI=1S/C22H26N4O3/c1-17-5-4-6-19(15-17)23-11-13-25(14-12-23)22(27)18-7-8-20(21(16-18)26(28)29)24-9-2-3-10-24/h4-8,15-16H,2-3,9-14H2,1H3. The zero-order chi connectivity index (χ0) is 20.4. The minimum absolute atomic E-state index is 0.0242. The Bertz CT molecular complexity index is 916. The van der Waals surface area contributed by atoms with Crippen LogP contribution in [0.4, 0.5) is 17.1 Å². The second-order valence-electron chi connectivity index (χ2n) is 7.77. The minimum Gasteiger partial charge on any atom is -0.368 e. The molecule has 2 heterocycles. The van der Waals surface area contributed by atoms with Gasteiger partial charge >= 0.3 is 0 Å². The van der Waals surface area contributed by atoms with Gasteiger partial charge in [-0.15, -0.1) is 0 Å². The van der Waals surface area contributed by atoms with Crippen LogP contribution in [0.25, 0.3) is 0 Å². The Morgan fingerprint density at radius 1 is 0.931 bits per heavy atom. The molecule has 0 unspecified atom stereocenters. The van der Waals surface area contributed by atoms with Crippen molar-refractivity contribution in [1.29, 1.82) is 0 Å². The van der Waals surface area contributed by atoms with Crippen molar-refractivity contribution in [1.82, 2.24) is 4.90 Å². The van der Waals surface area contributed by atoms with E-state index in [0.717, 1.165) is 39.0 Å². The number of anilines is 2. The lowest BCUT2D eigenvalue weighted by Crippen LogP contribution is -2.48. The first kappa shape index (κ1) is 19.2. The Balaban J connectivity index is 1.47. The van der Waals surface area contributed by atoms with E-state index in [2.05, 4.69) is 30.0 Å². The molecule has 1 amide bonds. The van der Waals surface area contributed by atoms with Gasteiger partial charge in [-0.05, 0) is 49.6 Å². The van der Waals surface area contributed by atoms with Crippen LogP contribution in [0.1, 0.15) is 28.8 Å². The van der Waals surface area contributed by atoms with Crippen LogP contribution >= 0.6 is 0 Å². The number of benzene rings is 2. The Hall–Kier alpha value is -3.09. The van der Waals surface area contributed by atoms with Gasteiger partial charge in [0.2, 0.25) is 0 Å². The molecule has 0 radical (unpaired) electrons. The van der Waals surface area contributed by atoms with E-state index in [1.807, 2.05) is 11.0 Å². The topological polar surface area (TPSA) is 69.9 Å². The lowest BCUT2D eigenvalue weighted by molar-refractivity contribution is -0.384. The van der Waals surface area contributed by atoms with Gasteiger partial charge in [-0.3, -0.25) is 14.9 Å². The molecular formula is C22H26N4O3. The molecule has 29 heavy (non-hydrogen) atoms. The van der Waals surface area contributed by atoms with Crippen LogP contribution in [0.3, 0.4) is 0 Å². The van der Waals surface area contributed by atoms with Crippen LogP contribution in [0, 0.1) is 17.0 Å². The first-order chi connectivity index (χ1) is 14.0. The van der Waals surface area contributed by atoms with Crippen molar-refractivity contribution in [3.05, 3.63) is 63.7 Å². The van der Waals surface area contributed by atoms with Gasteiger partial charge in [0.15, 0.2) is 0 Å². The molecule has 2 aliphatic heterocycles. The molecule has 0 N–H and O–H groups in total. The summed E-state index contributed by atoms with van der Waals surface area (Å²) in [6.45, 7) is 6.45. The largest absolute Gasteiger partial charge is 0.368 e. The van der Waals surface area contributed by atoms with Gasteiger partial charge in [0, 0.05) is 56.6 Å². The zero-order valence-electron chi connectivity index (χ0n) is 16.7. The summed E-state index contributed by atoms with van der Waals surface area (Å²) in [5.74, 6) is -0.134. The summed E-state index contributed by atoms with van der Waals surface area (Å²) in [6, 6.07) is 13.3. The lowest BCUT2D eigenvalue weighted by Gasteiger charge is -2.36. The lowest BCUT2D eigenvalue weighted by atomic mass is 10.1. The van der Waals surface area contributed by atoms with Crippen LogP contribution < -0.4 is 9.80 Å². The van der Waals surface area contributed by atoms with E-state index in [1.165, 1.54) is 17.3 Å². The fraction of sp³-hybridized carbons (Fsp3) is 0.409. The van der Waals surface area contributed by atoms with Crippen molar-refractivity contribution in [3.8, 4) is 0 Å². The Labute approximate surface area is 170 Å². The second kappa shape index (κ2) is 8.11. The number of aryl methyl sites for hydroxylation is 1. The van der Waals surface area contributed by atoms with Crippen LogP contribution in [-0.2, 0) is 0 Å². The highest BCUT2D eigenvalue weighted by Crippen LogP contribution is 2.32. The summed E-state index contributed by atoms with van der Waals surface area (Å²) < 4.78 is 0. The zero-order valence-corrected chi connectivity index (χ0v) is 16.7. The van der Waals surface area contributed by atoms with Gasteiger partial charge in [-0.25, -0.2) is 0 Å². The van der Waals surface area contributed by atoms with Crippen molar-refractivity contribution in [2.24, 2.45) is 0 Å². The highest BCUT2D eigenvalue weighted by molar-refractivity contribution is 5.96. The Morgan fingerprint density at radius 2 is 1.66 bits per heavy atom. The number of hydrogen-bond donors (Lipinski definition) is 0. The molecular weight excluding hydrogens is 368 g/mol. The summed E-state index contributed by atoms with van der Waals surface area (Å²) in [4.78, 5) is 30.3. The molecule has 2 aliphatic rings. The molecule has 7 nitrogen and oxygen atoms in total. The molecule has 2 aromatic rings. The third-order valence-electron chi connectivity index (χ3n) is 5.80. The molecule has 0 aromatic heterocycles. The van der Waals surface area contributed by atoms with Gasteiger partial charge in [-0.1, -0.05) is 12.1 Å². The van der Waals surface area contributed by atoms with Gasteiger partial charge < -0.3 is 14.7 Å². The van der Waals surface area contributed by atoms with Crippen molar-refractivity contribution in [2.45, 2.75) is 19.8 Å². The van der Waals surface area contributed by atoms with E-state index in [9.17, 15) is 14.9 Å². The van der Waals surface area contributed by atoms with Crippen LogP contribution in [0.2, 0.25) is 0 Å². The molecule has 0 atom stereocenters. The van der Waals surface area contributed by atoms with E-state index >= 15 is 0 Å². The number of carbonyl (C=O) groups is 1. The molecule has 2 saturated heterocycles. The molecule has 152 valence electrons. The predicted molar refractivity (Wildman–Crippen MR) is 114 cm³/mol. The number of nitrogens with zero attached hydrogens (tertiary/aromatic N) is 4. The summed E-state index contributed by atoms with van der Waals surface area (Å²) in [6.07, 6.45) is 2.09. The summed E-state index contributed by atoms with van der Waals surface area (Å²) >= 11 is 0. The summed E-state index contributed by atoms with van der Waals surface area (Å²) in [5, 5.41) is 11.6. The van der Waals surface area contributed by atoms with E-state index in [0.29, 0.717) is 24.3 Å². The maximum absolute atomic E-state index is 13.0. The van der Waals surface area contributed by atoms with Gasteiger partial charge in [0.05, 0.1) is 4.92 Å². The molecule has 4 rings (SSSR count). The Kier molecular flexibility index (Phi) is 5.38. The number of amides is 1. The maximum atomic E-state index is 13.0. The number of rotatable bonds is 4. The number of hydrogen-bond acceptors (Lipinski definition) is 5. The normalized spacial score (nSPS) is 16.9. The van der Waals surface area contributed by atoms with Crippen molar-refractivity contribution in [2.75, 3.05) is 49.1 Å². The van der Waals surface area contributed by atoms with E-state index in [4.69, 9.17) is 0 Å². The first-order valence-corrected chi connectivity index (χ1v) is 10.2. The number of piperazine rings is 1. The van der Waals surface area contributed by atoms with Crippen LogP contribution in [-0.4, -0.2) is 55.0 Å². The number of nitro groups is 1. The number of nitro benzene ring substituents is 1. The third kappa shape index (κ3) is 4.04. The smallest absolute Gasteiger partial charge is 0.293 e. The third-order valence-corrected chi connectivity index (χ3v) is 5.80. The van der Waals surface area contributed by atoms with E-state index < -0.39 is 0 Å². The quantitative estimate of drug-likeness (QED) is 0.587.